The van der Waals surface area contributed by atoms with E-state index in [1.54, 1.807) is 24.4 Å². The van der Waals surface area contributed by atoms with Crippen molar-refractivity contribution >= 4 is 5.91 Å². The average Bonchev–Trinajstić information content (AvgIpc) is 3.01. The number of hydrogen-bond donors (Lipinski definition) is 1. The topological polar surface area (TPSA) is 45.3 Å². The minimum atomic E-state index is -0.299. The molecule has 0 atom stereocenters. The number of nitrogens with zero attached hydrogens (tertiary/aromatic N) is 1. The van der Waals surface area contributed by atoms with Gasteiger partial charge in [0.2, 0.25) is 0 Å². The number of nitrogens with one attached hydrogen (secondary N) is 1. The molecule has 4 nitrogen and oxygen atoms in total. The fourth-order valence-electron chi connectivity index (χ4n) is 2.54. The molecule has 0 aliphatic carbocycles. The zero-order chi connectivity index (χ0) is 14.7. The van der Waals surface area contributed by atoms with Crippen LogP contribution in [-0.4, -0.2) is 35.0 Å². The molecule has 1 aromatic heterocycles. The van der Waals surface area contributed by atoms with Gasteiger partial charge in [-0.15, -0.1) is 0 Å². The summed E-state index contributed by atoms with van der Waals surface area (Å²) in [6, 6.07) is 9.75. The SMILES string of the molecule is O=C(c1ccc[nH]1)N1CCC(Oc2cccc(F)c2)CC1. The van der Waals surface area contributed by atoms with E-state index in [2.05, 4.69) is 4.98 Å². The number of hydrogen-bond acceptors (Lipinski definition) is 2. The number of aromatic nitrogens is 1. The molecule has 5 heteroatoms. The maximum absolute atomic E-state index is 13.1. The second-order valence-electron chi connectivity index (χ2n) is 5.15. The molecule has 1 aliphatic rings. The van der Waals surface area contributed by atoms with Crippen molar-refractivity contribution in [1.82, 2.24) is 9.88 Å². The predicted molar refractivity (Wildman–Crippen MR) is 76.7 cm³/mol. The third-order valence-electron chi connectivity index (χ3n) is 3.66. The number of halogens is 1. The van der Waals surface area contributed by atoms with Crippen LogP contribution in [0.1, 0.15) is 23.3 Å². The molecule has 0 bridgehead atoms. The van der Waals surface area contributed by atoms with Gasteiger partial charge in [-0.25, -0.2) is 4.39 Å². The number of rotatable bonds is 3. The van der Waals surface area contributed by atoms with Gasteiger partial charge in [-0.3, -0.25) is 4.79 Å². The quantitative estimate of drug-likeness (QED) is 0.944. The predicted octanol–water partition coefficient (Wildman–Crippen LogP) is 2.84. The van der Waals surface area contributed by atoms with Crippen LogP contribution in [0.3, 0.4) is 0 Å². The summed E-state index contributed by atoms with van der Waals surface area (Å²) in [6.45, 7) is 1.30. The number of ether oxygens (including phenoxy) is 1. The Morgan fingerprint density at radius 1 is 1.24 bits per heavy atom. The Morgan fingerprint density at radius 3 is 2.71 bits per heavy atom. The van der Waals surface area contributed by atoms with Crippen LogP contribution in [0, 0.1) is 5.82 Å². The van der Waals surface area contributed by atoms with Gasteiger partial charge in [0.05, 0.1) is 0 Å². The van der Waals surface area contributed by atoms with Gasteiger partial charge in [-0.05, 0) is 24.3 Å². The van der Waals surface area contributed by atoms with Crippen LogP contribution in [-0.2, 0) is 0 Å². The minimum absolute atomic E-state index is 0.0178. The van der Waals surface area contributed by atoms with Gasteiger partial charge < -0.3 is 14.6 Å². The number of carbonyl (C=O) groups excluding carboxylic acids is 1. The van der Waals surface area contributed by atoms with Crippen LogP contribution in [0.15, 0.2) is 42.6 Å². The smallest absolute Gasteiger partial charge is 0.270 e. The molecule has 2 aromatic rings. The van der Waals surface area contributed by atoms with Crippen LogP contribution >= 0.6 is 0 Å². The van der Waals surface area contributed by atoms with E-state index in [4.69, 9.17) is 4.74 Å². The van der Waals surface area contributed by atoms with E-state index in [0.717, 1.165) is 12.8 Å². The first-order chi connectivity index (χ1) is 10.2. The Hall–Kier alpha value is -2.30. The highest BCUT2D eigenvalue weighted by molar-refractivity contribution is 5.92. The molecule has 1 fully saturated rings. The van der Waals surface area contributed by atoms with Gasteiger partial charge in [0.15, 0.2) is 0 Å². The monoisotopic (exact) mass is 288 g/mol. The summed E-state index contributed by atoms with van der Waals surface area (Å²) >= 11 is 0. The van der Waals surface area contributed by atoms with E-state index in [1.165, 1.54) is 12.1 Å². The average molecular weight is 288 g/mol. The molecule has 1 aromatic carbocycles. The molecule has 1 saturated heterocycles. The first-order valence-corrected chi connectivity index (χ1v) is 7.07. The molecular weight excluding hydrogens is 271 g/mol. The number of H-pyrrole nitrogens is 1. The van der Waals surface area contributed by atoms with Crippen molar-refractivity contribution in [3.05, 3.63) is 54.1 Å². The van der Waals surface area contributed by atoms with E-state index in [9.17, 15) is 9.18 Å². The van der Waals surface area contributed by atoms with Gasteiger partial charge in [-0.1, -0.05) is 6.07 Å². The van der Waals surface area contributed by atoms with Gasteiger partial charge in [0.1, 0.15) is 23.4 Å². The molecule has 1 N–H and O–H groups in total. The second kappa shape index (κ2) is 5.99. The number of likely N-dealkylation sites (tertiary alicyclic amines) is 1. The highest BCUT2D eigenvalue weighted by atomic mass is 19.1. The Labute approximate surface area is 122 Å². The summed E-state index contributed by atoms with van der Waals surface area (Å²) in [7, 11) is 0. The van der Waals surface area contributed by atoms with E-state index in [-0.39, 0.29) is 17.8 Å². The lowest BCUT2D eigenvalue weighted by molar-refractivity contribution is 0.0590. The molecule has 0 spiro atoms. The van der Waals surface area contributed by atoms with Gasteiger partial charge in [-0.2, -0.15) is 0 Å². The summed E-state index contributed by atoms with van der Waals surface area (Å²) in [5.41, 5.74) is 0.611. The lowest BCUT2D eigenvalue weighted by Crippen LogP contribution is -2.41. The number of aromatic amines is 1. The first-order valence-electron chi connectivity index (χ1n) is 7.07. The fourth-order valence-corrected chi connectivity index (χ4v) is 2.54. The molecule has 2 heterocycles. The Balaban J connectivity index is 1.54. The van der Waals surface area contributed by atoms with Gasteiger partial charge >= 0.3 is 0 Å². The molecular formula is C16H17FN2O2. The van der Waals surface area contributed by atoms with Gasteiger partial charge in [0.25, 0.3) is 5.91 Å². The van der Waals surface area contributed by atoms with Crippen molar-refractivity contribution in [2.24, 2.45) is 0 Å². The lowest BCUT2D eigenvalue weighted by Gasteiger charge is -2.32. The number of amides is 1. The Morgan fingerprint density at radius 2 is 2.05 bits per heavy atom. The van der Waals surface area contributed by atoms with E-state index >= 15 is 0 Å². The Bertz CT molecular complexity index is 604. The highest BCUT2D eigenvalue weighted by Crippen LogP contribution is 2.20. The minimum Gasteiger partial charge on any atom is -0.490 e. The van der Waals surface area contributed by atoms with Crippen LogP contribution in [0.5, 0.6) is 5.75 Å². The molecule has 1 aliphatic heterocycles. The molecule has 110 valence electrons. The number of benzene rings is 1. The number of carbonyl (C=O) groups is 1. The second-order valence-corrected chi connectivity index (χ2v) is 5.15. The standard InChI is InChI=1S/C16H17FN2O2/c17-12-3-1-4-14(11-12)21-13-6-9-19(10-7-13)16(20)15-5-2-8-18-15/h1-5,8,11,13,18H,6-7,9-10H2. The highest BCUT2D eigenvalue weighted by Gasteiger charge is 2.25. The normalized spacial score (nSPS) is 16.0. The van der Waals surface area contributed by atoms with Crippen molar-refractivity contribution < 1.29 is 13.9 Å². The molecule has 3 rings (SSSR count). The van der Waals surface area contributed by atoms with E-state index in [1.807, 2.05) is 11.0 Å². The molecule has 0 unspecified atom stereocenters. The number of piperidine rings is 1. The largest absolute Gasteiger partial charge is 0.490 e. The zero-order valence-corrected chi connectivity index (χ0v) is 11.6. The fraction of sp³-hybridized carbons (Fsp3) is 0.312. The lowest BCUT2D eigenvalue weighted by atomic mass is 10.1. The zero-order valence-electron chi connectivity index (χ0n) is 11.6. The third-order valence-corrected chi connectivity index (χ3v) is 3.66. The molecule has 21 heavy (non-hydrogen) atoms. The van der Waals surface area contributed by atoms with Crippen molar-refractivity contribution in [2.45, 2.75) is 18.9 Å². The van der Waals surface area contributed by atoms with E-state index < -0.39 is 0 Å². The maximum Gasteiger partial charge on any atom is 0.270 e. The van der Waals surface area contributed by atoms with E-state index in [0.29, 0.717) is 24.5 Å². The summed E-state index contributed by atoms with van der Waals surface area (Å²) in [5.74, 6) is 0.264. The first kappa shape index (κ1) is 13.7. The summed E-state index contributed by atoms with van der Waals surface area (Å²) in [6.07, 6.45) is 3.28. The summed E-state index contributed by atoms with van der Waals surface area (Å²) in [4.78, 5) is 16.9. The van der Waals surface area contributed by atoms with Crippen molar-refractivity contribution in [3.8, 4) is 5.75 Å². The van der Waals surface area contributed by atoms with Crippen LogP contribution in [0.25, 0.3) is 0 Å². The Kier molecular flexibility index (Phi) is 3.90. The van der Waals surface area contributed by atoms with Crippen molar-refractivity contribution in [2.75, 3.05) is 13.1 Å². The third kappa shape index (κ3) is 3.24. The molecule has 0 radical (unpaired) electrons. The van der Waals surface area contributed by atoms with Crippen LogP contribution in [0.2, 0.25) is 0 Å². The van der Waals surface area contributed by atoms with Crippen LogP contribution < -0.4 is 4.74 Å². The summed E-state index contributed by atoms with van der Waals surface area (Å²) < 4.78 is 18.9. The maximum atomic E-state index is 13.1. The van der Waals surface area contributed by atoms with Crippen molar-refractivity contribution in [3.63, 3.8) is 0 Å². The summed E-state index contributed by atoms with van der Waals surface area (Å²) in [5, 5.41) is 0. The van der Waals surface area contributed by atoms with Gasteiger partial charge in [0, 0.05) is 38.2 Å². The molecule has 0 saturated carbocycles. The molecule has 1 amide bonds. The van der Waals surface area contributed by atoms with Crippen LogP contribution in [0.4, 0.5) is 4.39 Å². The van der Waals surface area contributed by atoms with Crippen molar-refractivity contribution in [1.29, 1.82) is 0 Å².